The van der Waals surface area contributed by atoms with Gasteiger partial charge < -0.3 is 18.9 Å². The summed E-state index contributed by atoms with van der Waals surface area (Å²) in [4.78, 5) is 0. The van der Waals surface area contributed by atoms with Gasteiger partial charge in [-0.05, 0) is 52.0 Å². The number of ether oxygens (including phenoxy) is 4. The van der Waals surface area contributed by atoms with E-state index in [0.29, 0.717) is 35.8 Å². The first-order chi connectivity index (χ1) is 14.8. The van der Waals surface area contributed by atoms with Gasteiger partial charge in [0.05, 0.1) is 24.7 Å². The minimum Gasteiger partial charge on any atom is -0.494 e. The second-order valence-electron chi connectivity index (χ2n) is 8.30. The summed E-state index contributed by atoms with van der Waals surface area (Å²) in [6.45, 7) is 8.73. The Bertz CT molecular complexity index is 996. The highest BCUT2D eigenvalue weighted by Gasteiger charge is 2.27. The minimum absolute atomic E-state index is 0.0823. The van der Waals surface area contributed by atoms with Crippen LogP contribution in [0.15, 0.2) is 24.3 Å². The van der Waals surface area contributed by atoms with Gasteiger partial charge in [0.1, 0.15) is 35.2 Å². The van der Waals surface area contributed by atoms with Gasteiger partial charge in [-0.3, -0.25) is 0 Å². The van der Waals surface area contributed by atoms with E-state index in [2.05, 4.69) is 0 Å². The molecule has 7 heteroatoms. The maximum atomic E-state index is 13.2. The molecule has 0 aromatic heterocycles. The monoisotopic (exact) mass is 446 g/mol. The van der Waals surface area contributed by atoms with Crippen molar-refractivity contribution in [2.45, 2.75) is 64.3 Å². The van der Waals surface area contributed by atoms with Crippen molar-refractivity contribution in [2.24, 2.45) is 0 Å². The van der Waals surface area contributed by atoms with Crippen LogP contribution in [0.1, 0.15) is 49.9 Å². The first-order valence-electron chi connectivity index (χ1n) is 10.9. The van der Waals surface area contributed by atoms with Crippen LogP contribution in [0.2, 0.25) is 0 Å². The molecule has 2 unspecified atom stereocenters. The molecule has 0 spiro atoms. The lowest BCUT2D eigenvalue weighted by Crippen LogP contribution is -2.11. The van der Waals surface area contributed by atoms with Gasteiger partial charge in [0.25, 0.3) is 0 Å². The third-order valence-corrected chi connectivity index (χ3v) is 7.01. The van der Waals surface area contributed by atoms with E-state index in [9.17, 15) is 8.42 Å². The molecule has 0 saturated carbocycles. The highest BCUT2D eigenvalue weighted by Crippen LogP contribution is 2.38. The van der Waals surface area contributed by atoms with Crippen LogP contribution in [0, 0.1) is 0 Å². The molecule has 0 bridgehead atoms. The average molecular weight is 447 g/mol. The van der Waals surface area contributed by atoms with Crippen LogP contribution in [0.4, 0.5) is 0 Å². The van der Waals surface area contributed by atoms with Crippen molar-refractivity contribution in [3.63, 3.8) is 0 Å². The number of hydrogen-bond acceptors (Lipinski definition) is 6. The standard InChI is InChI=1S/C24H30O6S/c1-5-27-21-9-17-7-15(3)29-23(17)11-19(21)13-31(25,26)14-20-12-24-18(8-16(4)30-24)10-22(20)28-6-2/h9-12,15-16H,5-8,13-14H2,1-4H3. The molecular weight excluding hydrogens is 416 g/mol. The fourth-order valence-corrected chi connectivity index (χ4v) is 5.79. The van der Waals surface area contributed by atoms with E-state index in [1.165, 1.54) is 0 Å². The number of rotatable bonds is 8. The third-order valence-electron chi connectivity index (χ3n) is 5.51. The molecule has 2 aromatic rings. The van der Waals surface area contributed by atoms with E-state index < -0.39 is 9.84 Å². The molecule has 4 rings (SSSR count). The molecule has 6 nitrogen and oxygen atoms in total. The summed E-state index contributed by atoms with van der Waals surface area (Å²) >= 11 is 0. The van der Waals surface area contributed by atoms with Crippen molar-refractivity contribution in [3.8, 4) is 23.0 Å². The predicted molar refractivity (Wildman–Crippen MR) is 119 cm³/mol. The Morgan fingerprint density at radius 1 is 0.806 bits per heavy atom. The van der Waals surface area contributed by atoms with Gasteiger partial charge in [0, 0.05) is 35.1 Å². The maximum absolute atomic E-state index is 13.2. The Balaban J connectivity index is 1.62. The molecule has 0 saturated heterocycles. The second-order valence-corrected chi connectivity index (χ2v) is 10.4. The fourth-order valence-electron chi connectivity index (χ4n) is 4.29. The number of fused-ring (bicyclic) bond motifs is 2. The van der Waals surface area contributed by atoms with E-state index in [-0.39, 0.29) is 23.7 Å². The van der Waals surface area contributed by atoms with Gasteiger partial charge in [-0.2, -0.15) is 0 Å². The third kappa shape index (κ3) is 4.76. The Kier molecular flexibility index (Phi) is 6.06. The smallest absolute Gasteiger partial charge is 0.158 e. The summed E-state index contributed by atoms with van der Waals surface area (Å²) in [5.74, 6) is 2.45. The first-order valence-corrected chi connectivity index (χ1v) is 12.7. The van der Waals surface area contributed by atoms with E-state index in [1.54, 1.807) is 0 Å². The second kappa shape index (κ2) is 8.61. The summed E-state index contributed by atoms with van der Waals surface area (Å²) in [6, 6.07) is 7.48. The minimum atomic E-state index is -3.50. The zero-order valence-electron chi connectivity index (χ0n) is 18.6. The van der Waals surface area contributed by atoms with Gasteiger partial charge >= 0.3 is 0 Å². The van der Waals surface area contributed by atoms with Crippen molar-refractivity contribution in [2.75, 3.05) is 13.2 Å². The quantitative estimate of drug-likeness (QED) is 0.604. The van der Waals surface area contributed by atoms with Crippen LogP contribution in [-0.4, -0.2) is 33.8 Å². The Hall–Kier alpha value is -2.41. The lowest BCUT2D eigenvalue weighted by atomic mass is 10.1. The topological polar surface area (TPSA) is 71.1 Å². The van der Waals surface area contributed by atoms with Gasteiger partial charge in [-0.1, -0.05) is 0 Å². The summed E-state index contributed by atoms with van der Waals surface area (Å²) in [5.41, 5.74) is 3.36. The van der Waals surface area contributed by atoms with Crippen molar-refractivity contribution in [1.82, 2.24) is 0 Å². The van der Waals surface area contributed by atoms with Gasteiger partial charge in [-0.15, -0.1) is 0 Å². The van der Waals surface area contributed by atoms with Gasteiger partial charge in [0.2, 0.25) is 0 Å². The van der Waals surface area contributed by atoms with Gasteiger partial charge in [0.15, 0.2) is 9.84 Å². The SMILES string of the molecule is CCOc1cc2c(cc1CS(=O)(=O)Cc1cc3c(cc1OCC)CC(C)O3)OC(C)C2. The van der Waals surface area contributed by atoms with Crippen LogP contribution in [0.5, 0.6) is 23.0 Å². The molecule has 0 amide bonds. The van der Waals surface area contributed by atoms with E-state index in [0.717, 1.165) is 35.5 Å². The highest BCUT2D eigenvalue weighted by atomic mass is 32.2. The average Bonchev–Trinajstić information content (AvgIpc) is 3.21. The van der Waals surface area contributed by atoms with Crippen LogP contribution in [0.25, 0.3) is 0 Å². The molecule has 0 N–H and O–H groups in total. The first kappa shape index (κ1) is 21.8. The normalized spacial score (nSPS) is 19.4. The Morgan fingerprint density at radius 2 is 1.23 bits per heavy atom. The molecular formula is C24H30O6S. The lowest BCUT2D eigenvalue weighted by molar-refractivity contribution is 0.254. The summed E-state index contributed by atoms with van der Waals surface area (Å²) in [7, 11) is -3.50. The molecule has 2 aliphatic heterocycles. The van der Waals surface area contributed by atoms with Crippen molar-refractivity contribution in [3.05, 3.63) is 46.5 Å². The summed E-state index contributed by atoms with van der Waals surface area (Å²) in [5, 5.41) is 0. The molecule has 2 heterocycles. The molecule has 0 aliphatic carbocycles. The van der Waals surface area contributed by atoms with E-state index >= 15 is 0 Å². The van der Waals surface area contributed by atoms with Crippen molar-refractivity contribution < 1.29 is 27.4 Å². The van der Waals surface area contributed by atoms with Crippen LogP contribution >= 0.6 is 0 Å². The van der Waals surface area contributed by atoms with Crippen LogP contribution in [0.3, 0.4) is 0 Å². The zero-order chi connectivity index (χ0) is 22.2. The summed E-state index contributed by atoms with van der Waals surface area (Å²) in [6.07, 6.45) is 1.76. The van der Waals surface area contributed by atoms with Crippen molar-refractivity contribution in [1.29, 1.82) is 0 Å². The van der Waals surface area contributed by atoms with Crippen LogP contribution < -0.4 is 18.9 Å². The molecule has 2 atom stereocenters. The lowest BCUT2D eigenvalue weighted by Gasteiger charge is -2.15. The number of benzene rings is 2. The van der Waals surface area contributed by atoms with E-state index in [4.69, 9.17) is 18.9 Å². The molecule has 31 heavy (non-hydrogen) atoms. The molecule has 2 aliphatic rings. The Labute approximate surface area is 184 Å². The van der Waals surface area contributed by atoms with Crippen LogP contribution in [-0.2, 0) is 34.2 Å². The fraction of sp³-hybridized carbons (Fsp3) is 0.500. The van der Waals surface area contributed by atoms with Crippen molar-refractivity contribution >= 4 is 9.84 Å². The summed E-state index contributed by atoms with van der Waals surface area (Å²) < 4.78 is 49.6. The highest BCUT2D eigenvalue weighted by molar-refractivity contribution is 7.89. The predicted octanol–water partition coefficient (Wildman–Crippen LogP) is 4.25. The zero-order valence-corrected chi connectivity index (χ0v) is 19.4. The molecule has 0 fully saturated rings. The van der Waals surface area contributed by atoms with Gasteiger partial charge in [-0.25, -0.2) is 8.42 Å². The molecule has 168 valence electrons. The Morgan fingerprint density at radius 3 is 1.61 bits per heavy atom. The maximum Gasteiger partial charge on any atom is 0.158 e. The number of hydrogen-bond donors (Lipinski definition) is 0. The largest absolute Gasteiger partial charge is 0.494 e. The van der Waals surface area contributed by atoms with E-state index in [1.807, 2.05) is 52.0 Å². The number of sulfone groups is 1. The molecule has 0 radical (unpaired) electrons. The molecule has 2 aromatic carbocycles.